The first kappa shape index (κ1) is 23.7. The van der Waals surface area contributed by atoms with Crippen LogP contribution < -0.4 is 19.9 Å². The minimum atomic E-state index is -0.0871. The topological polar surface area (TPSA) is 69.1 Å². The van der Waals surface area contributed by atoms with Crippen LogP contribution in [0.4, 0.5) is 11.5 Å². The smallest absolute Gasteiger partial charge is 0.318 e. The number of hydrogen-bond donors (Lipinski definition) is 1. The monoisotopic (exact) mass is 497 g/mol. The van der Waals surface area contributed by atoms with Crippen molar-refractivity contribution in [3.05, 3.63) is 66.0 Å². The Hall–Kier alpha value is -3.65. The number of nitrogens with zero attached hydrogens (tertiary/aromatic N) is 6. The number of ether oxygens (including phenoxy) is 1. The van der Waals surface area contributed by atoms with E-state index in [2.05, 4.69) is 76.4 Å². The highest BCUT2D eigenvalue weighted by Gasteiger charge is 2.35. The van der Waals surface area contributed by atoms with E-state index in [0.717, 1.165) is 50.7 Å². The van der Waals surface area contributed by atoms with Crippen molar-refractivity contribution < 1.29 is 4.74 Å². The van der Waals surface area contributed by atoms with Crippen LogP contribution >= 0.6 is 0 Å². The molecule has 6 rings (SSSR count). The summed E-state index contributed by atoms with van der Waals surface area (Å²) in [6.45, 7) is 9.36. The van der Waals surface area contributed by atoms with Crippen LogP contribution in [0.3, 0.4) is 0 Å². The molecule has 8 nitrogen and oxygen atoms in total. The number of aliphatic imine (C=N–C) groups is 1. The molecule has 0 aliphatic carbocycles. The number of likely N-dealkylation sites (N-methyl/N-ethyl adjacent to an activating group) is 1. The van der Waals surface area contributed by atoms with Gasteiger partial charge in [0.2, 0.25) is 0 Å². The predicted molar refractivity (Wildman–Crippen MR) is 150 cm³/mol. The molecule has 192 valence electrons. The largest absolute Gasteiger partial charge is 0.459 e. The van der Waals surface area contributed by atoms with Crippen molar-refractivity contribution in [3.8, 4) is 6.01 Å². The first-order chi connectivity index (χ1) is 18.0. The summed E-state index contributed by atoms with van der Waals surface area (Å²) >= 11 is 0. The van der Waals surface area contributed by atoms with Gasteiger partial charge in [0.05, 0.1) is 12.2 Å². The zero-order chi connectivity index (χ0) is 25.4. The molecule has 1 aromatic heterocycles. The van der Waals surface area contributed by atoms with Gasteiger partial charge >= 0.3 is 6.01 Å². The molecule has 1 fully saturated rings. The Morgan fingerprint density at radius 3 is 2.81 bits per heavy atom. The van der Waals surface area contributed by atoms with Gasteiger partial charge in [-0.05, 0) is 37.8 Å². The fourth-order valence-electron chi connectivity index (χ4n) is 5.58. The highest BCUT2D eigenvalue weighted by Crippen LogP contribution is 2.36. The Morgan fingerprint density at radius 1 is 1.08 bits per heavy atom. The van der Waals surface area contributed by atoms with E-state index in [-0.39, 0.29) is 11.7 Å². The van der Waals surface area contributed by atoms with E-state index in [1.807, 2.05) is 30.4 Å². The molecular formula is C29H35N7O. The summed E-state index contributed by atoms with van der Waals surface area (Å²) in [6.07, 6.45) is 6.56. The number of nitrogens with one attached hydrogen (secondary N) is 1. The molecule has 3 aromatic rings. The molecule has 1 atom stereocenters. The van der Waals surface area contributed by atoms with E-state index < -0.39 is 0 Å². The molecule has 0 saturated carbocycles. The Bertz CT molecular complexity index is 1350. The average molecular weight is 498 g/mol. The molecule has 0 radical (unpaired) electrons. The summed E-state index contributed by atoms with van der Waals surface area (Å²) < 4.78 is 6.22. The van der Waals surface area contributed by atoms with E-state index in [0.29, 0.717) is 12.6 Å². The summed E-state index contributed by atoms with van der Waals surface area (Å²) in [6, 6.07) is 15.6. The molecule has 8 heteroatoms. The van der Waals surface area contributed by atoms with Gasteiger partial charge in [0.25, 0.3) is 0 Å². The van der Waals surface area contributed by atoms with Crippen molar-refractivity contribution in [1.82, 2.24) is 20.2 Å². The van der Waals surface area contributed by atoms with Gasteiger partial charge in [0.15, 0.2) is 6.17 Å². The third-order valence-electron chi connectivity index (χ3n) is 7.68. The second-order valence-corrected chi connectivity index (χ2v) is 10.7. The third kappa shape index (κ3) is 4.62. The second-order valence-electron chi connectivity index (χ2n) is 10.7. The van der Waals surface area contributed by atoms with Crippen LogP contribution in [-0.4, -0.2) is 72.6 Å². The maximum absolute atomic E-state index is 6.22. The predicted octanol–water partition coefficient (Wildman–Crippen LogP) is 3.62. The third-order valence-corrected chi connectivity index (χ3v) is 7.68. The first-order valence-electron chi connectivity index (χ1n) is 13.2. The average Bonchev–Trinajstić information content (AvgIpc) is 2.91. The van der Waals surface area contributed by atoms with Crippen molar-refractivity contribution in [2.24, 2.45) is 4.99 Å². The lowest BCUT2D eigenvalue weighted by atomic mass is 9.97. The molecule has 1 N–H and O–H groups in total. The Labute approximate surface area is 218 Å². The molecule has 37 heavy (non-hydrogen) atoms. The van der Waals surface area contributed by atoms with Crippen LogP contribution in [0, 0.1) is 0 Å². The number of piperazine rings is 1. The van der Waals surface area contributed by atoms with Crippen molar-refractivity contribution >= 4 is 28.5 Å². The van der Waals surface area contributed by atoms with Gasteiger partial charge in [-0.2, -0.15) is 9.97 Å². The lowest BCUT2D eigenvalue weighted by molar-refractivity contribution is 0.193. The van der Waals surface area contributed by atoms with Gasteiger partial charge in [-0.15, -0.1) is 0 Å². The lowest BCUT2D eigenvalue weighted by Gasteiger charge is -2.45. The summed E-state index contributed by atoms with van der Waals surface area (Å²) in [4.78, 5) is 21.5. The molecule has 0 amide bonds. The van der Waals surface area contributed by atoms with E-state index >= 15 is 0 Å². The minimum absolute atomic E-state index is 0.0525. The summed E-state index contributed by atoms with van der Waals surface area (Å²) in [5.41, 5.74) is 3.49. The molecule has 1 saturated heterocycles. The quantitative estimate of drug-likeness (QED) is 0.578. The van der Waals surface area contributed by atoms with Crippen molar-refractivity contribution in [3.63, 3.8) is 0 Å². The van der Waals surface area contributed by atoms with Crippen LogP contribution in [-0.2, 0) is 13.0 Å². The van der Waals surface area contributed by atoms with Crippen LogP contribution in [0.1, 0.15) is 25.1 Å². The second kappa shape index (κ2) is 9.67. The first-order valence-corrected chi connectivity index (χ1v) is 13.2. The van der Waals surface area contributed by atoms with Gasteiger partial charge in [0, 0.05) is 67.8 Å². The van der Waals surface area contributed by atoms with E-state index in [4.69, 9.17) is 14.7 Å². The zero-order valence-electron chi connectivity index (χ0n) is 21.9. The molecular weight excluding hydrogens is 462 g/mol. The zero-order valence-corrected chi connectivity index (χ0v) is 21.9. The van der Waals surface area contributed by atoms with Crippen LogP contribution in [0.25, 0.3) is 10.8 Å². The van der Waals surface area contributed by atoms with E-state index in [9.17, 15) is 0 Å². The van der Waals surface area contributed by atoms with Gasteiger partial charge < -0.3 is 24.8 Å². The van der Waals surface area contributed by atoms with E-state index in [1.54, 1.807) is 0 Å². The minimum Gasteiger partial charge on any atom is -0.459 e. The standard InChI is InChI=1S/C29H35N7O/c1-29(2)20-30-14-17-36(29)27-23-12-16-35(25-11-6-9-21-8-4-5-10-22(21)25)18-24(23)32-28(33-27)37-19-26-31-13-7-15-34(26)3/h4-11,13,15,26,30H,12,14,16-20H2,1-3H3/t26-/m1/s1. The number of hydrogen-bond acceptors (Lipinski definition) is 8. The Morgan fingerprint density at radius 2 is 1.95 bits per heavy atom. The number of anilines is 2. The molecule has 3 aliphatic heterocycles. The molecule has 0 bridgehead atoms. The number of allylic oxidation sites excluding steroid dienone is 1. The van der Waals surface area contributed by atoms with Crippen molar-refractivity contribution in [2.75, 3.05) is 49.6 Å². The van der Waals surface area contributed by atoms with Gasteiger partial charge in [-0.1, -0.05) is 36.4 Å². The van der Waals surface area contributed by atoms with Crippen molar-refractivity contribution in [1.29, 1.82) is 0 Å². The normalized spacial score (nSPS) is 20.8. The molecule has 0 unspecified atom stereocenters. The van der Waals surface area contributed by atoms with Gasteiger partial charge in [-0.3, -0.25) is 4.99 Å². The highest BCUT2D eigenvalue weighted by molar-refractivity contribution is 5.94. The summed E-state index contributed by atoms with van der Waals surface area (Å²) in [7, 11) is 2.01. The van der Waals surface area contributed by atoms with E-state index in [1.165, 1.54) is 22.0 Å². The van der Waals surface area contributed by atoms with Crippen LogP contribution in [0.2, 0.25) is 0 Å². The van der Waals surface area contributed by atoms with Gasteiger partial charge in [0.1, 0.15) is 12.4 Å². The fourth-order valence-corrected chi connectivity index (χ4v) is 5.58. The fraction of sp³-hybridized carbons (Fsp3) is 0.414. The molecule has 4 heterocycles. The molecule has 0 spiro atoms. The number of rotatable bonds is 5. The van der Waals surface area contributed by atoms with Crippen LogP contribution in [0.5, 0.6) is 6.01 Å². The maximum Gasteiger partial charge on any atom is 0.318 e. The molecule has 2 aromatic carbocycles. The highest BCUT2D eigenvalue weighted by atomic mass is 16.5. The summed E-state index contributed by atoms with van der Waals surface area (Å²) in [5.74, 6) is 1.02. The Kier molecular flexibility index (Phi) is 6.20. The SMILES string of the molecule is CN1C=CC=N[C@H]1COc1nc2c(c(N3CCNCC3(C)C)n1)CCN(c1cccc3ccccc13)C2. The lowest BCUT2D eigenvalue weighted by Crippen LogP contribution is -2.58. The molecule has 3 aliphatic rings. The maximum atomic E-state index is 6.22. The number of benzene rings is 2. The van der Waals surface area contributed by atoms with Crippen LogP contribution in [0.15, 0.2) is 59.7 Å². The van der Waals surface area contributed by atoms with Gasteiger partial charge in [-0.25, -0.2) is 0 Å². The van der Waals surface area contributed by atoms with Crippen molar-refractivity contribution in [2.45, 2.75) is 38.5 Å². The Balaban J connectivity index is 1.36. The number of fused-ring (bicyclic) bond motifs is 2. The summed E-state index contributed by atoms with van der Waals surface area (Å²) in [5, 5.41) is 6.06. The number of aromatic nitrogens is 2.